The Morgan fingerprint density at radius 1 is 0.286 bits per heavy atom. The van der Waals surface area contributed by atoms with Crippen LogP contribution in [0.15, 0.2) is 0 Å². The average Bonchev–Trinajstić information content (AvgIpc) is 1.79. The van der Waals surface area contributed by atoms with E-state index in [9.17, 15) is 0 Å². The van der Waals surface area contributed by atoms with Gasteiger partial charge in [0.25, 0.3) is 0 Å². The Morgan fingerprint density at radius 3 is 0.286 bits per heavy atom. The smallest absolute Gasteiger partial charge is 0.759 e. The van der Waals surface area contributed by atoms with Gasteiger partial charge in [-0.05, 0) is 0 Å². The fraction of sp³-hybridized carbons (Fsp3) is 0. The first kappa shape index (κ1) is 51.3. The second-order valence-corrected chi connectivity index (χ2v) is 6.12. The van der Waals surface area contributed by atoms with E-state index in [2.05, 4.69) is 0 Å². The third-order valence-corrected chi connectivity index (χ3v) is 0. The summed E-state index contributed by atoms with van der Waals surface area (Å²) in [6.07, 6.45) is 0. The summed E-state index contributed by atoms with van der Waals surface area (Å²) in [5, 5.41) is 0. The largest absolute Gasteiger partial charge is 5.00 e. The molecule has 0 saturated heterocycles. The Kier molecular flexibility index (Phi) is 38.0. The molecule has 0 aliphatic rings. The van der Waals surface area contributed by atoms with Crippen LogP contribution in [0, 0.1) is 0 Å². The van der Waals surface area contributed by atoms with Gasteiger partial charge in [-0.3, -0.25) is 42.1 Å². The summed E-state index contributed by atoms with van der Waals surface area (Å²) in [6.45, 7) is 0. The maximum Gasteiger partial charge on any atom is 5.00 e. The summed E-state index contributed by atoms with van der Waals surface area (Å²) in [4.78, 5) is 0. The van der Waals surface area contributed by atoms with Crippen molar-refractivity contribution < 1.29 is 130 Å². The minimum atomic E-state index is -5.17. The fourth-order valence-electron chi connectivity index (χ4n) is 0. The maximum atomic E-state index is 8.52. The Bertz CT molecular complexity index is 619. The molecule has 28 heteroatoms. The Hall–Kier alpha value is 0.479. The van der Waals surface area contributed by atoms with Gasteiger partial charge in [0.1, 0.15) is 0 Å². The molecule has 0 atom stereocenters. The molecule has 0 heterocycles. The normalized spacial score (nSPS) is 10.4. The molecule has 0 aliphatic heterocycles. The van der Waals surface area contributed by atoms with Crippen LogP contribution >= 0.6 is 0 Å². The van der Waals surface area contributed by atoms with Gasteiger partial charge >= 0.3 is 37.1 Å². The van der Waals surface area contributed by atoms with Crippen molar-refractivity contribution in [2.24, 2.45) is 0 Å². The van der Waals surface area contributed by atoms with Crippen LogP contribution in [-0.2, 0) is 89.1 Å². The number of hydrogen-bond acceptors (Lipinski definition) is 20. The molecule has 0 aromatic rings. The molecule has 0 saturated carbocycles. The van der Waals surface area contributed by atoms with Gasteiger partial charge in [-0.25, -0.2) is 0 Å². The molecular weight excluding hydrogens is 598 g/mol. The molecule has 0 unspecified atom stereocenters. The first-order valence-electron chi connectivity index (χ1n) is 3.33. The molecule has 0 spiro atoms. The van der Waals surface area contributed by atoms with E-state index in [1.54, 1.807) is 0 Å². The quantitative estimate of drug-likeness (QED) is 0.184. The molecule has 0 amide bonds. The summed E-state index contributed by atoms with van der Waals surface area (Å²) in [5.41, 5.74) is 0. The molecule has 0 aromatic carbocycles. The zero-order chi connectivity index (χ0) is 22.5. The molecule has 0 bridgehead atoms. The van der Waals surface area contributed by atoms with Crippen LogP contribution in [0.2, 0.25) is 0 Å². The first-order chi connectivity index (χ1) is 10.0. The Morgan fingerprint density at radius 2 is 0.286 bits per heavy atom. The van der Waals surface area contributed by atoms with Gasteiger partial charge in [-0.1, -0.05) is 0 Å². The summed E-state index contributed by atoms with van der Waals surface area (Å²) in [5.74, 6) is 0. The molecule has 21 nitrogen and oxygen atoms in total. The van der Waals surface area contributed by atoms with Crippen molar-refractivity contribution >= 4 is 52.0 Å². The molecule has 0 rings (SSSR count). The molecule has 28 heavy (non-hydrogen) atoms. The van der Waals surface area contributed by atoms with Gasteiger partial charge in [-0.15, -0.1) is 0 Å². The molecule has 0 fully saturated rings. The van der Waals surface area contributed by atoms with E-state index >= 15 is 0 Å². The minimum Gasteiger partial charge on any atom is -0.759 e. The number of hydrogen-bond donors (Lipinski definition) is 0. The van der Waals surface area contributed by atoms with E-state index in [-0.39, 0.29) is 42.6 Å². The predicted molar refractivity (Wildman–Crippen MR) is 56.0 cm³/mol. The zero-order valence-electron chi connectivity index (χ0n) is 11.6. The third kappa shape index (κ3) is 75000. The van der Waals surface area contributed by atoms with Crippen LogP contribution in [-0.4, -0.2) is 93.1 Å². The number of rotatable bonds is 0. The van der Waals surface area contributed by atoms with Crippen LogP contribution < -0.4 is 0 Å². The van der Waals surface area contributed by atoms with Gasteiger partial charge in [0, 0.05) is 52.0 Å². The van der Waals surface area contributed by atoms with Crippen molar-refractivity contribution in [1.29, 1.82) is 0 Å². The van der Waals surface area contributed by atoms with Crippen molar-refractivity contribution in [3.63, 3.8) is 0 Å². The maximum absolute atomic E-state index is 8.52. The van der Waals surface area contributed by atoms with E-state index < -0.39 is 52.0 Å². The molecule has 0 aromatic heterocycles. The van der Waals surface area contributed by atoms with Crippen molar-refractivity contribution in [2.75, 3.05) is 0 Å². The monoisotopic (exact) mass is 600 g/mol. The Balaban J connectivity index is -0.0000000290. The van der Waals surface area contributed by atoms with Gasteiger partial charge in [0.2, 0.25) is 0 Å². The molecule has 0 radical (unpaired) electrons. The second kappa shape index (κ2) is 20.7. The van der Waals surface area contributed by atoms with Crippen LogP contribution in [0.3, 0.4) is 0 Å². The molecule has 168 valence electrons. The van der Waals surface area contributed by atoms with Gasteiger partial charge < -0.3 is 51.0 Å². The van der Waals surface area contributed by atoms with E-state index in [0.29, 0.717) is 0 Å². The second-order valence-electron chi connectivity index (χ2n) is 2.04. The average molecular weight is 600 g/mol. The third-order valence-electron chi connectivity index (χ3n) is 0. The van der Waals surface area contributed by atoms with Crippen LogP contribution in [0.5, 0.6) is 0 Å². The van der Waals surface area contributed by atoms with Crippen LogP contribution in [0.25, 0.3) is 0 Å². The van der Waals surface area contributed by atoms with Gasteiger partial charge in [0.15, 0.2) is 0 Å². The predicted octanol–water partition coefficient (Wildman–Crippen LogP) is -7.52. The van der Waals surface area contributed by atoms with Gasteiger partial charge in [-0.2, -0.15) is 0 Å². The van der Waals surface area contributed by atoms with E-state index in [0.717, 1.165) is 0 Å². The summed E-state index contributed by atoms with van der Waals surface area (Å²) >= 11 is 0. The van der Waals surface area contributed by atoms with Gasteiger partial charge in [0.05, 0.1) is 0 Å². The van der Waals surface area contributed by atoms with Crippen molar-refractivity contribution in [3.05, 3.63) is 0 Å². The van der Waals surface area contributed by atoms with Crippen molar-refractivity contribution in [2.45, 2.75) is 0 Å². The Labute approximate surface area is 181 Å². The molecule has 2 N–H and O–H groups in total. The van der Waals surface area contributed by atoms with E-state index in [4.69, 9.17) is 87.6 Å². The molecular formula is H2O21S5V2. The summed E-state index contributed by atoms with van der Waals surface area (Å²) in [6, 6.07) is 0. The SMILES string of the molecule is O.O=S(=O)([O-])[O-].O=S(=O)([O-])[O-].O=S(=O)([O-])[O-].O=S(=O)([O-])[O-].O=S(=O)([O-])[O-].[V+5].[V+5]. The van der Waals surface area contributed by atoms with E-state index in [1.165, 1.54) is 0 Å². The van der Waals surface area contributed by atoms with Crippen molar-refractivity contribution in [3.8, 4) is 0 Å². The fourth-order valence-corrected chi connectivity index (χ4v) is 0. The van der Waals surface area contributed by atoms with E-state index in [1.807, 2.05) is 0 Å². The first-order valence-corrected chi connectivity index (χ1v) is 10.0. The van der Waals surface area contributed by atoms with Crippen molar-refractivity contribution in [1.82, 2.24) is 0 Å². The van der Waals surface area contributed by atoms with Crippen LogP contribution in [0.1, 0.15) is 0 Å². The molecule has 0 aliphatic carbocycles. The standard InChI is InChI=1S/5H2O4S.H2O.2V/c5*1-5(2,3)4;;;/h5*(H2,1,2,3,4);1H2;;/q;;;;;;2*+5/p-10. The summed E-state index contributed by atoms with van der Waals surface area (Å²) < 4.78 is 170. The topological polar surface area (TPSA) is 433 Å². The summed E-state index contributed by atoms with van der Waals surface area (Å²) in [7, 11) is -25.8. The zero-order valence-corrected chi connectivity index (χ0v) is 18.5. The minimum absolute atomic E-state index is 0. The van der Waals surface area contributed by atoms with Crippen LogP contribution in [0.4, 0.5) is 0 Å².